The predicted molar refractivity (Wildman–Crippen MR) is 119 cm³/mol. The molecule has 0 bridgehead atoms. The Morgan fingerprint density at radius 2 is 1.79 bits per heavy atom. The maximum atomic E-state index is 12.6. The zero-order chi connectivity index (χ0) is 20.2. The van der Waals surface area contributed by atoms with E-state index in [9.17, 15) is 9.59 Å². The van der Waals surface area contributed by atoms with Crippen LogP contribution in [0.3, 0.4) is 0 Å². The number of nitrogens with zero attached hydrogens (tertiary/aromatic N) is 2. The highest BCUT2D eigenvalue weighted by Crippen LogP contribution is 2.19. The van der Waals surface area contributed by atoms with Gasteiger partial charge >= 0.3 is 0 Å². The minimum atomic E-state index is -0.198. The maximum absolute atomic E-state index is 12.6. The van der Waals surface area contributed by atoms with E-state index in [4.69, 9.17) is 11.6 Å². The summed E-state index contributed by atoms with van der Waals surface area (Å²) in [6.45, 7) is 1.65. The number of carbonyl (C=O) groups excluding carboxylic acids is 2. The zero-order valence-electron chi connectivity index (χ0n) is 15.7. The molecule has 0 saturated carbocycles. The molecule has 1 aliphatic rings. The van der Waals surface area contributed by atoms with Crippen LogP contribution >= 0.6 is 23.4 Å². The fraction of sp³-hybridized carbons (Fsp3) is 0.227. The van der Waals surface area contributed by atoms with E-state index in [1.165, 1.54) is 0 Å². The molecule has 0 unspecified atom stereocenters. The first kappa shape index (κ1) is 19.7. The Morgan fingerprint density at radius 3 is 2.55 bits per heavy atom. The van der Waals surface area contributed by atoms with Crippen molar-refractivity contribution in [2.45, 2.75) is 6.42 Å². The van der Waals surface area contributed by atoms with E-state index in [0.717, 1.165) is 41.1 Å². The molecule has 5 nitrogen and oxygen atoms in total. The molecule has 1 aliphatic heterocycles. The fourth-order valence-corrected chi connectivity index (χ4v) is 4.31. The smallest absolute Gasteiger partial charge is 0.255 e. The number of benzene rings is 2. The number of carbonyl (C=O) groups is 2. The first-order valence-corrected chi connectivity index (χ1v) is 10.9. The maximum Gasteiger partial charge on any atom is 0.255 e. The quantitative estimate of drug-likeness (QED) is 0.634. The van der Waals surface area contributed by atoms with Gasteiger partial charge in [0.2, 0.25) is 5.91 Å². The second-order valence-electron chi connectivity index (χ2n) is 6.86. The van der Waals surface area contributed by atoms with Crippen molar-refractivity contribution in [2.24, 2.45) is 0 Å². The van der Waals surface area contributed by atoms with Crippen LogP contribution in [0.4, 0.5) is 5.69 Å². The lowest BCUT2D eigenvalue weighted by molar-refractivity contribution is -0.130. The van der Waals surface area contributed by atoms with Gasteiger partial charge in [-0.25, -0.2) is 4.98 Å². The molecule has 0 radical (unpaired) electrons. The van der Waals surface area contributed by atoms with Gasteiger partial charge in [0.1, 0.15) is 5.15 Å². The van der Waals surface area contributed by atoms with Crippen LogP contribution in [0.5, 0.6) is 0 Å². The Labute approximate surface area is 178 Å². The number of fused-ring (bicyclic) bond motifs is 1. The third-order valence-electron chi connectivity index (χ3n) is 4.85. The number of rotatable bonds is 4. The van der Waals surface area contributed by atoms with E-state index in [2.05, 4.69) is 10.3 Å². The number of amides is 2. The largest absolute Gasteiger partial charge is 0.341 e. The minimum Gasteiger partial charge on any atom is -0.341 e. The normalized spacial score (nSPS) is 14.0. The third-order valence-corrected chi connectivity index (χ3v) is 6.00. The van der Waals surface area contributed by atoms with Gasteiger partial charge in [-0.1, -0.05) is 23.7 Å². The molecule has 0 spiro atoms. The highest BCUT2D eigenvalue weighted by Gasteiger charge is 2.17. The summed E-state index contributed by atoms with van der Waals surface area (Å²) in [7, 11) is 0. The van der Waals surface area contributed by atoms with Crippen molar-refractivity contribution < 1.29 is 9.59 Å². The molecular formula is C22H20ClN3O2S. The lowest BCUT2D eigenvalue weighted by Crippen LogP contribution is -2.38. The number of nitrogens with one attached hydrogen (secondary N) is 1. The number of hydrogen-bond acceptors (Lipinski definition) is 4. The van der Waals surface area contributed by atoms with E-state index >= 15 is 0 Å². The van der Waals surface area contributed by atoms with E-state index in [0.29, 0.717) is 22.8 Å². The van der Waals surface area contributed by atoms with Gasteiger partial charge in [-0.3, -0.25) is 9.59 Å². The summed E-state index contributed by atoms with van der Waals surface area (Å²) in [5.74, 6) is 1.98. The SMILES string of the molecule is O=C(Nc1ccc(CC(=O)N2CCSCC2)cc1)c1ccc2nc(Cl)ccc2c1. The molecule has 1 aromatic heterocycles. The molecule has 1 saturated heterocycles. The van der Waals surface area contributed by atoms with Crippen molar-refractivity contribution in [2.75, 3.05) is 29.9 Å². The molecule has 2 aromatic carbocycles. The summed E-state index contributed by atoms with van der Waals surface area (Å²) in [4.78, 5) is 31.1. The Hall–Kier alpha value is -2.57. The van der Waals surface area contributed by atoms with Gasteiger partial charge in [-0.2, -0.15) is 11.8 Å². The second kappa shape index (κ2) is 8.84. The summed E-state index contributed by atoms with van der Waals surface area (Å²) in [6, 6.07) is 16.3. The van der Waals surface area contributed by atoms with Crippen LogP contribution < -0.4 is 5.32 Å². The zero-order valence-corrected chi connectivity index (χ0v) is 17.3. The van der Waals surface area contributed by atoms with Gasteiger partial charge in [-0.15, -0.1) is 0 Å². The first-order valence-electron chi connectivity index (χ1n) is 9.41. The van der Waals surface area contributed by atoms with Crippen molar-refractivity contribution in [3.63, 3.8) is 0 Å². The van der Waals surface area contributed by atoms with Gasteiger partial charge in [0.05, 0.1) is 11.9 Å². The monoisotopic (exact) mass is 425 g/mol. The van der Waals surface area contributed by atoms with Gasteiger partial charge in [0.15, 0.2) is 0 Å². The lowest BCUT2D eigenvalue weighted by Gasteiger charge is -2.26. The summed E-state index contributed by atoms with van der Waals surface area (Å²) in [6.07, 6.45) is 0.388. The molecule has 4 rings (SSSR count). The molecule has 148 valence electrons. The van der Waals surface area contributed by atoms with Crippen LogP contribution in [-0.4, -0.2) is 46.3 Å². The molecule has 29 heavy (non-hydrogen) atoms. The van der Waals surface area contributed by atoms with Crippen molar-refractivity contribution >= 4 is 51.8 Å². The van der Waals surface area contributed by atoms with Gasteiger partial charge in [0, 0.05) is 41.2 Å². The number of hydrogen-bond donors (Lipinski definition) is 1. The number of halogens is 1. The van der Waals surface area contributed by atoms with Gasteiger partial charge in [0.25, 0.3) is 5.91 Å². The van der Waals surface area contributed by atoms with E-state index in [1.807, 2.05) is 47.0 Å². The van der Waals surface area contributed by atoms with E-state index < -0.39 is 0 Å². The summed E-state index contributed by atoms with van der Waals surface area (Å²) in [5, 5.41) is 4.17. The molecule has 1 N–H and O–H groups in total. The highest BCUT2D eigenvalue weighted by atomic mass is 35.5. The molecule has 2 amide bonds. The fourth-order valence-electron chi connectivity index (χ4n) is 3.25. The highest BCUT2D eigenvalue weighted by molar-refractivity contribution is 7.99. The third kappa shape index (κ3) is 4.89. The minimum absolute atomic E-state index is 0.159. The summed E-state index contributed by atoms with van der Waals surface area (Å²) >= 11 is 7.79. The van der Waals surface area contributed by atoms with E-state index in [1.54, 1.807) is 24.3 Å². The van der Waals surface area contributed by atoms with Crippen molar-refractivity contribution in [3.8, 4) is 0 Å². The first-order chi connectivity index (χ1) is 14.1. The topological polar surface area (TPSA) is 62.3 Å². The lowest BCUT2D eigenvalue weighted by atomic mass is 10.1. The molecule has 3 aromatic rings. The Kier molecular flexibility index (Phi) is 6.02. The average molecular weight is 426 g/mol. The molecule has 7 heteroatoms. The molecule has 1 fully saturated rings. The van der Waals surface area contributed by atoms with E-state index in [-0.39, 0.29) is 11.8 Å². The molecule has 2 heterocycles. The van der Waals surface area contributed by atoms with Crippen LogP contribution in [0.15, 0.2) is 54.6 Å². The summed E-state index contributed by atoms with van der Waals surface area (Å²) in [5.41, 5.74) is 2.92. The number of pyridine rings is 1. The molecular weight excluding hydrogens is 406 g/mol. The Bertz CT molecular complexity index is 1050. The Morgan fingerprint density at radius 1 is 1.03 bits per heavy atom. The van der Waals surface area contributed by atoms with Crippen LogP contribution in [-0.2, 0) is 11.2 Å². The van der Waals surface area contributed by atoms with Gasteiger partial charge < -0.3 is 10.2 Å². The second-order valence-corrected chi connectivity index (χ2v) is 8.47. The number of anilines is 1. The van der Waals surface area contributed by atoms with Crippen LogP contribution in [0, 0.1) is 0 Å². The predicted octanol–water partition coefficient (Wildman–Crippen LogP) is 4.26. The standard InChI is InChI=1S/C22H20ClN3O2S/c23-20-8-4-16-14-17(3-7-19(16)25-20)22(28)24-18-5-1-15(2-6-18)13-21(27)26-9-11-29-12-10-26/h1-8,14H,9-13H2,(H,24,28). The number of aromatic nitrogens is 1. The van der Waals surface area contributed by atoms with Crippen LogP contribution in [0.1, 0.15) is 15.9 Å². The average Bonchev–Trinajstić information content (AvgIpc) is 2.75. The van der Waals surface area contributed by atoms with Crippen molar-refractivity contribution in [1.82, 2.24) is 9.88 Å². The molecule has 0 atom stereocenters. The van der Waals surface area contributed by atoms with Gasteiger partial charge in [-0.05, 0) is 48.0 Å². The Balaban J connectivity index is 1.39. The van der Waals surface area contributed by atoms with Crippen molar-refractivity contribution in [3.05, 3.63) is 70.9 Å². The number of thioether (sulfide) groups is 1. The molecule has 0 aliphatic carbocycles. The van der Waals surface area contributed by atoms with Crippen LogP contribution in [0.25, 0.3) is 10.9 Å². The van der Waals surface area contributed by atoms with Crippen molar-refractivity contribution in [1.29, 1.82) is 0 Å². The summed E-state index contributed by atoms with van der Waals surface area (Å²) < 4.78 is 0. The van der Waals surface area contributed by atoms with Crippen LogP contribution in [0.2, 0.25) is 5.15 Å².